The van der Waals surface area contributed by atoms with E-state index in [4.69, 9.17) is 5.73 Å². The van der Waals surface area contributed by atoms with Crippen molar-refractivity contribution in [3.05, 3.63) is 0 Å². The molecule has 20 heavy (non-hydrogen) atoms. The van der Waals surface area contributed by atoms with Gasteiger partial charge in [0.25, 0.3) is 0 Å². The van der Waals surface area contributed by atoms with Crippen molar-refractivity contribution in [3.63, 3.8) is 0 Å². The number of hydrogen-bond donors (Lipinski definition) is 2. The summed E-state index contributed by atoms with van der Waals surface area (Å²) in [6.07, 6.45) is 7.86. The fourth-order valence-corrected chi connectivity index (χ4v) is 3.56. The molecule has 1 aliphatic heterocycles. The highest BCUT2D eigenvalue weighted by Crippen LogP contribution is 2.24. The van der Waals surface area contributed by atoms with Crippen LogP contribution in [0.1, 0.15) is 51.9 Å². The molecule has 1 saturated heterocycles. The van der Waals surface area contributed by atoms with Crippen molar-refractivity contribution in [1.82, 2.24) is 10.2 Å². The number of nitrogens with zero attached hydrogens (tertiary/aromatic N) is 1. The molecule has 3 atom stereocenters. The summed E-state index contributed by atoms with van der Waals surface area (Å²) in [6.45, 7) is 6.88. The Hall–Kier alpha value is -0.610. The molecule has 0 aromatic rings. The van der Waals surface area contributed by atoms with E-state index in [1.54, 1.807) is 0 Å². The quantitative estimate of drug-likeness (QED) is 0.729. The number of piperidine rings is 1. The van der Waals surface area contributed by atoms with Crippen LogP contribution in [0.5, 0.6) is 0 Å². The van der Waals surface area contributed by atoms with Crippen LogP contribution in [0.15, 0.2) is 0 Å². The molecule has 0 radical (unpaired) electrons. The van der Waals surface area contributed by atoms with E-state index in [9.17, 15) is 4.79 Å². The maximum absolute atomic E-state index is 11.9. The molecule has 2 rings (SSSR count). The van der Waals surface area contributed by atoms with Gasteiger partial charge >= 0.3 is 0 Å². The number of unbranched alkanes of at least 4 members (excludes halogenated alkanes) is 1. The van der Waals surface area contributed by atoms with Gasteiger partial charge in [0.05, 0.1) is 0 Å². The first-order chi connectivity index (χ1) is 9.65. The fourth-order valence-electron chi connectivity index (χ4n) is 3.56. The molecule has 4 nitrogen and oxygen atoms in total. The Bertz CT molecular complexity index is 308. The van der Waals surface area contributed by atoms with Gasteiger partial charge in [0.1, 0.15) is 0 Å². The van der Waals surface area contributed by atoms with E-state index in [0.29, 0.717) is 0 Å². The van der Waals surface area contributed by atoms with Crippen molar-refractivity contribution < 1.29 is 4.79 Å². The minimum absolute atomic E-state index is 0.174. The zero-order valence-corrected chi connectivity index (χ0v) is 12.9. The molecule has 1 heterocycles. The number of amides is 1. The summed E-state index contributed by atoms with van der Waals surface area (Å²) in [5.74, 6) is 1.26. The van der Waals surface area contributed by atoms with Gasteiger partial charge in [-0.1, -0.05) is 6.92 Å². The molecular weight excluding hydrogens is 250 g/mol. The zero-order chi connectivity index (χ0) is 14.4. The van der Waals surface area contributed by atoms with Gasteiger partial charge in [0.15, 0.2) is 0 Å². The van der Waals surface area contributed by atoms with E-state index in [0.717, 1.165) is 38.1 Å². The third-order valence-electron chi connectivity index (χ3n) is 4.79. The number of nitrogens with one attached hydrogen (secondary N) is 1. The number of nitrogens with two attached hydrogens (primary N) is 1. The topological polar surface area (TPSA) is 58.4 Å². The molecule has 4 heteroatoms. The molecular formula is C16H31N3O. The van der Waals surface area contributed by atoms with Gasteiger partial charge in [-0.15, -0.1) is 0 Å². The Labute approximate surface area is 123 Å². The second-order valence-electron chi connectivity index (χ2n) is 6.82. The van der Waals surface area contributed by atoms with Crippen LogP contribution in [0.3, 0.4) is 0 Å². The molecule has 3 N–H and O–H groups in total. The third-order valence-corrected chi connectivity index (χ3v) is 4.79. The summed E-state index contributed by atoms with van der Waals surface area (Å²) in [7, 11) is 0. The molecule has 0 aromatic carbocycles. The first-order valence-corrected chi connectivity index (χ1v) is 8.41. The maximum Gasteiger partial charge on any atom is 0.223 e. The Morgan fingerprint density at radius 1 is 1.30 bits per heavy atom. The van der Waals surface area contributed by atoms with E-state index in [1.807, 2.05) is 0 Å². The van der Waals surface area contributed by atoms with Gasteiger partial charge in [0.2, 0.25) is 5.91 Å². The van der Waals surface area contributed by atoms with E-state index >= 15 is 0 Å². The fraction of sp³-hybridized carbons (Fsp3) is 0.938. The summed E-state index contributed by atoms with van der Waals surface area (Å²) in [6, 6.07) is 0.242. The van der Waals surface area contributed by atoms with E-state index in [1.165, 1.54) is 38.9 Å². The molecule has 1 amide bonds. The van der Waals surface area contributed by atoms with Gasteiger partial charge in [-0.3, -0.25) is 4.79 Å². The lowest BCUT2D eigenvalue weighted by molar-refractivity contribution is -0.124. The van der Waals surface area contributed by atoms with Crippen LogP contribution in [-0.2, 0) is 4.79 Å². The van der Waals surface area contributed by atoms with Crippen molar-refractivity contribution in [3.8, 4) is 0 Å². The third kappa shape index (κ3) is 5.06. The van der Waals surface area contributed by atoms with Gasteiger partial charge < -0.3 is 16.0 Å². The monoisotopic (exact) mass is 281 g/mol. The second-order valence-corrected chi connectivity index (χ2v) is 6.82. The van der Waals surface area contributed by atoms with Crippen molar-refractivity contribution in [2.75, 3.05) is 26.2 Å². The Kier molecular flexibility index (Phi) is 6.30. The van der Waals surface area contributed by atoms with Gasteiger partial charge in [-0.2, -0.15) is 0 Å². The normalized spacial score (nSPS) is 31.4. The summed E-state index contributed by atoms with van der Waals surface area (Å²) in [5, 5.41) is 3.08. The predicted molar refractivity (Wildman–Crippen MR) is 82.4 cm³/mol. The van der Waals surface area contributed by atoms with Crippen molar-refractivity contribution in [2.45, 2.75) is 57.9 Å². The molecule has 116 valence electrons. The standard InChI is InChI=1S/C16H31N3O/c1-13-5-4-10-19(12-13)9-3-2-8-18-16(20)14-6-7-15(17)11-14/h13-15H,2-12,17H2,1H3,(H,18,20). The van der Waals surface area contributed by atoms with E-state index in [2.05, 4.69) is 17.1 Å². The summed E-state index contributed by atoms with van der Waals surface area (Å²) in [4.78, 5) is 14.5. The van der Waals surface area contributed by atoms with Crippen LogP contribution in [0.25, 0.3) is 0 Å². The first-order valence-electron chi connectivity index (χ1n) is 8.41. The highest BCUT2D eigenvalue weighted by atomic mass is 16.1. The van der Waals surface area contributed by atoms with E-state index in [-0.39, 0.29) is 17.9 Å². The highest BCUT2D eigenvalue weighted by Gasteiger charge is 2.27. The average molecular weight is 281 g/mol. The molecule has 1 aliphatic carbocycles. The lowest BCUT2D eigenvalue weighted by Gasteiger charge is -2.30. The Morgan fingerprint density at radius 2 is 2.15 bits per heavy atom. The van der Waals surface area contributed by atoms with Crippen molar-refractivity contribution in [1.29, 1.82) is 0 Å². The number of carbonyl (C=O) groups excluding carboxylic acids is 1. The summed E-state index contributed by atoms with van der Waals surface area (Å²) < 4.78 is 0. The molecule has 0 aromatic heterocycles. The molecule has 0 bridgehead atoms. The van der Waals surface area contributed by atoms with Crippen molar-refractivity contribution in [2.24, 2.45) is 17.6 Å². The molecule has 2 aliphatic rings. The van der Waals surface area contributed by atoms with Crippen LogP contribution in [0, 0.1) is 11.8 Å². The maximum atomic E-state index is 11.9. The molecule has 3 unspecified atom stereocenters. The van der Waals surface area contributed by atoms with Crippen molar-refractivity contribution >= 4 is 5.91 Å². The summed E-state index contributed by atoms with van der Waals surface area (Å²) >= 11 is 0. The van der Waals surface area contributed by atoms with Crippen LogP contribution >= 0.6 is 0 Å². The Balaban J connectivity index is 1.50. The SMILES string of the molecule is CC1CCCN(CCCCNC(=O)C2CCC(N)C2)C1. The number of rotatable bonds is 6. The molecule has 0 spiro atoms. The van der Waals surface area contributed by atoms with Crippen LogP contribution in [0.4, 0.5) is 0 Å². The van der Waals surface area contributed by atoms with Gasteiger partial charge in [-0.05, 0) is 64.0 Å². The minimum Gasteiger partial charge on any atom is -0.356 e. The zero-order valence-electron chi connectivity index (χ0n) is 12.9. The van der Waals surface area contributed by atoms with Crippen LogP contribution in [0.2, 0.25) is 0 Å². The minimum atomic E-state index is 0.174. The van der Waals surface area contributed by atoms with Crippen LogP contribution < -0.4 is 11.1 Å². The lowest BCUT2D eigenvalue weighted by atomic mass is 10.0. The van der Waals surface area contributed by atoms with Crippen LogP contribution in [-0.4, -0.2) is 43.0 Å². The molecule has 2 fully saturated rings. The first kappa shape index (κ1) is 15.8. The number of carbonyl (C=O) groups is 1. The predicted octanol–water partition coefficient (Wildman–Crippen LogP) is 1.74. The van der Waals surface area contributed by atoms with Gasteiger partial charge in [-0.25, -0.2) is 0 Å². The van der Waals surface area contributed by atoms with Gasteiger partial charge in [0, 0.05) is 25.0 Å². The smallest absolute Gasteiger partial charge is 0.223 e. The largest absolute Gasteiger partial charge is 0.356 e. The number of hydrogen-bond acceptors (Lipinski definition) is 3. The lowest BCUT2D eigenvalue weighted by Crippen LogP contribution is -2.35. The Morgan fingerprint density at radius 3 is 2.85 bits per heavy atom. The average Bonchev–Trinajstić information content (AvgIpc) is 2.85. The second kappa shape index (κ2) is 7.99. The highest BCUT2D eigenvalue weighted by molar-refractivity contribution is 5.78. The molecule has 1 saturated carbocycles. The summed E-state index contributed by atoms with van der Waals surface area (Å²) in [5.41, 5.74) is 5.85. The van der Waals surface area contributed by atoms with E-state index < -0.39 is 0 Å². The number of likely N-dealkylation sites (tertiary alicyclic amines) is 1.